The summed E-state index contributed by atoms with van der Waals surface area (Å²) in [5.41, 5.74) is 5.33. The lowest BCUT2D eigenvalue weighted by Crippen LogP contribution is -2.61. The Labute approximate surface area is 181 Å². The molecule has 2 atom stereocenters. The predicted octanol–water partition coefficient (Wildman–Crippen LogP) is 1.39. The second kappa shape index (κ2) is 9.73. The number of nitrogens with zero attached hydrogens (tertiary/aromatic N) is 1. The number of carbonyl (C=O) groups excluding carboxylic acids is 2. The summed E-state index contributed by atoms with van der Waals surface area (Å²) in [4.78, 5) is 24.0. The molecule has 1 heterocycles. The number of carbonyl (C=O) groups is 2. The van der Waals surface area contributed by atoms with E-state index in [-0.39, 0.29) is 29.7 Å². The molecule has 1 aliphatic heterocycles. The van der Waals surface area contributed by atoms with Crippen LogP contribution in [0.5, 0.6) is 5.75 Å². The minimum absolute atomic E-state index is 0.000743. The molecule has 10 heteroatoms. The molecule has 1 aliphatic rings. The zero-order chi connectivity index (χ0) is 22.5. The lowest BCUT2D eigenvalue weighted by Gasteiger charge is -2.46. The summed E-state index contributed by atoms with van der Waals surface area (Å²) >= 11 is 1.36. The summed E-state index contributed by atoms with van der Waals surface area (Å²) < 4.78 is 37.5. The maximum atomic E-state index is 13.4. The van der Waals surface area contributed by atoms with Gasteiger partial charge in [-0.3, -0.25) is 9.59 Å². The van der Waals surface area contributed by atoms with Gasteiger partial charge in [0.2, 0.25) is 15.9 Å². The highest BCUT2D eigenvalue weighted by Gasteiger charge is 2.51. The number of esters is 1. The standard InChI is InChI=1S/C20H26N2O6S2/c1-5-6-11-28-14-7-9-16(10-8-14)30(25,26)22-13-15(12-17(21)23)29-20(2,3)18(22)19(24)27-4/h7-10,15,18H,11-13H2,1-4H3,(H2,21,23)/t15-,18-/m0/s1. The van der Waals surface area contributed by atoms with Crippen LogP contribution in [0.4, 0.5) is 0 Å². The largest absolute Gasteiger partial charge is 0.481 e. The molecule has 0 saturated carbocycles. The van der Waals surface area contributed by atoms with Crippen LogP contribution in [-0.2, 0) is 24.3 Å². The molecule has 1 fully saturated rings. The molecule has 30 heavy (non-hydrogen) atoms. The Hall–Kier alpha value is -2.22. The molecule has 0 bridgehead atoms. The molecule has 164 valence electrons. The molecule has 0 aliphatic carbocycles. The van der Waals surface area contributed by atoms with Gasteiger partial charge in [-0.25, -0.2) is 8.42 Å². The number of primary amides is 1. The third kappa shape index (κ3) is 5.47. The first-order valence-electron chi connectivity index (χ1n) is 9.21. The maximum Gasteiger partial charge on any atom is 0.325 e. The minimum Gasteiger partial charge on any atom is -0.481 e. The minimum atomic E-state index is -4.06. The van der Waals surface area contributed by atoms with Crippen molar-refractivity contribution in [1.82, 2.24) is 4.31 Å². The topological polar surface area (TPSA) is 116 Å². The number of amides is 1. The first-order valence-corrected chi connectivity index (χ1v) is 11.5. The van der Waals surface area contributed by atoms with Crippen LogP contribution in [0.3, 0.4) is 0 Å². The normalized spacial score (nSPS) is 21.2. The van der Waals surface area contributed by atoms with E-state index in [9.17, 15) is 18.0 Å². The smallest absolute Gasteiger partial charge is 0.325 e. The molecule has 2 rings (SSSR count). The number of benzene rings is 1. The number of methoxy groups -OCH3 is 1. The van der Waals surface area contributed by atoms with Crippen molar-refractivity contribution >= 4 is 33.7 Å². The van der Waals surface area contributed by atoms with Gasteiger partial charge in [0.25, 0.3) is 0 Å². The quantitative estimate of drug-likeness (QED) is 0.489. The van der Waals surface area contributed by atoms with Crippen LogP contribution in [0.25, 0.3) is 0 Å². The van der Waals surface area contributed by atoms with Crippen molar-refractivity contribution in [3.05, 3.63) is 24.3 Å². The Morgan fingerprint density at radius 3 is 2.47 bits per heavy atom. The monoisotopic (exact) mass is 454 g/mol. The van der Waals surface area contributed by atoms with Crippen molar-refractivity contribution in [2.75, 3.05) is 20.3 Å². The third-order valence-electron chi connectivity index (χ3n) is 4.57. The molecule has 1 amide bonds. The summed E-state index contributed by atoms with van der Waals surface area (Å²) in [6.45, 7) is 5.35. The highest BCUT2D eigenvalue weighted by atomic mass is 32.2. The van der Waals surface area contributed by atoms with Gasteiger partial charge < -0.3 is 15.2 Å². The van der Waals surface area contributed by atoms with Crippen LogP contribution in [0.2, 0.25) is 0 Å². The number of thioether (sulfide) groups is 1. The van der Waals surface area contributed by atoms with E-state index < -0.39 is 32.7 Å². The van der Waals surface area contributed by atoms with E-state index in [0.29, 0.717) is 5.75 Å². The van der Waals surface area contributed by atoms with Crippen molar-refractivity contribution in [1.29, 1.82) is 0 Å². The Kier molecular flexibility index (Phi) is 7.80. The average Bonchev–Trinajstić information content (AvgIpc) is 2.66. The van der Waals surface area contributed by atoms with E-state index in [0.717, 1.165) is 4.31 Å². The fraction of sp³-hybridized carbons (Fsp3) is 0.500. The average molecular weight is 455 g/mol. The van der Waals surface area contributed by atoms with E-state index >= 15 is 0 Å². The molecule has 1 aromatic rings. The van der Waals surface area contributed by atoms with E-state index in [4.69, 9.17) is 15.2 Å². The lowest BCUT2D eigenvalue weighted by molar-refractivity contribution is -0.146. The number of ether oxygens (including phenoxy) is 2. The summed E-state index contributed by atoms with van der Waals surface area (Å²) in [6.07, 6.45) is -0.000743. The van der Waals surface area contributed by atoms with E-state index in [1.54, 1.807) is 20.8 Å². The van der Waals surface area contributed by atoms with Crippen molar-refractivity contribution in [3.63, 3.8) is 0 Å². The number of sulfonamides is 1. The Balaban J connectivity index is 2.41. The molecule has 2 N–H and O–H groups in total. The summed E-state index contributed by atoms with van der Waals surface area (Å²) in [7, 11) is -2.85. The van der Waals surface area contributed by atoms with Crippen molar-refractivity contribution < 1.29 is 27.5 Å². The van der Waals surface area contributed by atoms with Crippen LogP contribution < -0.4 is 10.5 Å². The molecule has 0 radical (unpaired) electrons. The van der Waals surface area contributed by atoms with Crippen LogP contribution in [0.1, 0.15) is 27.2 Å². The van der Waals surface area contributed by atoms with Gasteiger partial charge in [-0.2, -0.15) is 4.31 Å². The van der Waals surface area contributed by atoms with Gasteiger partial charge in [0, 0.05) is 23.0 Å². The van der Waals surface area contributed by atoms with Gasteiger partial charge in [-0.15, -0.1) is 17.7 Å². The fourth-order valence-electron chi connectivity index (χ4n) is 3.30. The zero-order valence-corrected chi connectivity index (χ0v) is 19.0. The van der Waals surface area contributed by atoms with Gasteiger partial charge in [0.15, 0.2) is 0 Å². The van der Waals surface area contributed by atoms with Gasteiger partial charge in [-0.05, 0) is 45.0 Å². The van der Waals surface area contributed by atoms with Crippen LogP contribution in [0, 0.1) is 11.8 Å². The maximum absolute atomic E-state index is 13.4. The van der Waals surface area contributed by atoms with Gasteiger partial charge in [0.1, 0.15) is 18.4 Å². The second-order valence-electron chi connectivity index (χ2n) is 7.20. The molecule has 0 aromatic heterocycles. The SMILES string of the molecule is CC#CCOc1ccc(S(=O)(=O)N2C[C@H](CC(N)=O)SC(C)(C)[C@@H]2C(=O)OC)cc1. The molecule has 0 spiro atoms. The summed E-state index contributed by atoms with van der Waals surface area (Å²) in [6, 6.07) is 4.83. The van der Waals surface area contributed by atoms with E-state index in [1.165, 1.54) is 43.1 Å². The van der Waals surface area contributed by atoms with Crippen molar-refractivity contribution in [2.45, 2.75) is 48.1 Å². The van der Waals surface area contributed by atoms with Gasteiger partial charge >= 0.3 is 5.97 Å². The highest BCUT2D eigenvalue weighted by molar-refractivity contribution is 8.01. The summed E-state index contributed by atoms with van der Waals surface area (Å²) in [5.74, 6) is 4.74. The zero-order valence-electron chi connectivity index (χ0n) is 17.4. The summed E-state index contributed by atoms with van der Waals surface area (Å²) in [5, 5.41) is -0.386. The lowest BCUT2D eigenvalue weighted by atomic mass is 10.0. The molecule has 1 aromatic carbocycles. The number of hydrogen-bond acceptors (Lipinski definition) is 7. The van der Waals surface area contributed by atoms with Gasteiger partial charge in [0.05, 0.1) is 12.0 Å². The van der Waals surface area contributed by atoms with Crippen LogP contribution >= 0.6 is 11.8 Å². The number of hydrogen-bond donors (Lipinski definition) is 1. The predicted molar refractivity (Wildman–Crippen MR) is 114 cm³/mol. The molecular formula is C20H26N2O6S2. The fourth-order valence-corrected chi connectivity index (χ4v) is 6.91. The molecular weight excluding hydrogens is 428 g/mol. The van der Waals surface area contributed by atoms with Crippen LogP contribution in [0.15, 0.2) is 29.2 Å². The first kappa shape index (κ1) is 24.1. The molecule has 8 nitrogen and oxygen atoms in total. The number of rotatable bonds is 7. The molecule has 1 saturated heterocycles. The number of nitrogens with two attached hydrogens (primary N) is 1. The van der Waals surface area contributed by atoms with E-state index in [2.05, 4.69) is 11.8 Å². The molecule has 0 unspecified atom stereocenters. The second-order valence-corrected chi connectivity index (χ2v) is 11.0. The van der Waals surface area contributed by atoms with Gasteiger partial charge in [-0.1, -0.05) is 5.92 Å². The first-order chi connectivity index (χ1) is 14.0. The Bertz CT molecular complexity index is 948. The van der Waals surface area contributed by atoms with Crippen molar-refractivity contribution in [3.8, 4) is 17.6 Å². The highest BCUT2D eigenvalue weighted by Crippen LogP contribution is 2.43. The third-order valence-corrected chi connectivity index (χ3v) is 7.90. The Morgan fingerprint density at radius 2 is 1.93 bits per heavy atom. The Morgan fingerprint density at radius 1 is 1.30 bits per heavy atom. The van der Waals surface area contributed by atoms with Crippen molar-refractivity contribution in [2.24, 2.45) is 5.73 Å². The van der Waals surface area contributed by atoms with Crippen LogP contribution in [-0.4, -0.2) is 60.9 Å². The van der Waals surface area contributed by atoms with E-state index in [1.807, 2.05) is 0 Å².